The van der Waals surface area contributed by atoms with Gasteiger partial charge in [-0.15, -0.1) is 0 Å². The van der Waals surface area contributed by atoms with Crippen LogP contribution in [-0.4, -0.2) is 73.8 Å². The van der Waals surface area contributed by atoms with Crippen molar-refractivity contribution in [3.8, 4) is 5.75 Å². The molecule has 1 aromatic heterocycles. The molecule has 0 amide bonds. The van der Waals surface area contributed by atoms with Crippen molar-refractivity contribution in [2.24, 2.45) is 0 Å². The number of aromatic nitrogens is 2. The van der Waals surface area contributed by atoms with Crippen LogP contribution in [0.5, 0.6) is 5.75 Å². The molecule has 0 saturated carbocycles. The fourth-order valence-corrected chi connectivity index (χ4v) is 6.93. The van der Waals surface area contributed by atoms with Crippen LogP contribution in [0.2, 0.25) is 5.02 Å². The fourth-order valence-electron chi connectivity index (χ4n) is 5.59. The number of hydrogen-bond acceptors (Lipinski definition) is 9. The van der Waals surface area contributed by atoms with Gasteiger partial charge in [0, 0.05) is 37.6 Å². The minimum Gasteiger partial charge on any atom is -0.495 e. The summed E-state index contributed by atoms with van der Waals surface area (Å²) in [6, 6.07) is 11.3. The van der Waals surface area contributed by atoms with Gasteiger partial charge in [-0.25, -0.2) is 13.4 Å². The number of hydrogen-bond donors (Lipinski definition) is 2. The number of piperazine rings is 1. The number of anilines is 4. The highest BCUT2D eigenvalue weighted by atomic mass is 35.5. The molecule has 214 valence electrons. The Morgan fingerprint density at radius 1 is 1.12 bits per heavy atom. The lowest BCUT2D eigenvalue weighted by atomic mass is 9.74. The van der Waals surface area contributed by atoms with Crippen LogP contribution >= 0.6 is 11.6 Å². The fraction of sp³-hybridized carbons (Fsp3) is 0.448. The first-order valence-corrected chi connectivity index (χ1v) is 15.4. The topological polar surface area (TPSA) is 99.7 Å². The molecule has 2 N–H and O–H groups in total. The number of fused-ring (bicyclic) bond motifs is 3. The molecule has 1 atom stereocenters. The third-order valence-electron chi connectivity index (χ3n) is 7.81. The molecule has 2 aromatic carbocycles. The molecule has 0 radical (unpaired) electrons. The number of rotatable bonds is 7. The Kier molecular flexibility index (Phi) is 7.73. The zero-order valence-corrected chi connectivity index (χ0v) is 25.4. The average Bonchev–Trinajstić information content (AvgIpc) is 2.91. The molecule has 1 fully saturated rings. The van der Waals surface area contributed by atoms with E-state index in [1.807, 2.05) is 0 Å². The Morgan fingerprint density at radius 3 is 2.60 bits per heavy atom. The van der Waals surface area contributed by atoms with Crippen molar-refractivity contribution in [2.45, 2.75) is 49.3 Å². The summed E-state index contributed by atoms with van der Waals surface area (Å²) < 4.78 is 31.7. The van der Waals surface area contributed by atoms with Gasteiger partial charge in [0.2, 0.25) is 5.95 Å². The first-order valence-electron chi connectivity index (χ1n) is 13.4. The van der Waals surface area contributed by atoms with Crippen LogP contribution < -0.4 is 15.4 Å². The van der Waals surface area contributed by atoms with Crippen LogP contribution in [0.4, 0.5) is 23.1 Å². The van der Waals surface area contributed by atoms with Gasteiger partial charge in [-0.05, 0) is 56.3 Å². The van der Waals surface area contributed by atoms with E-state index in [4.69, 9.17) is 16.3 Å². The lowest BCUT2D eigenvalue weighted by Crippen LogP contribution is -2.53. The van der Waals surface area contributed by atoms with Crippen LogP contribution in [0.3, 0.4) is 0 Å². The number of nitrogens with zero attached hydrogens (tertiary/aromatic N) is 4. The number of methoxy groups -OCH3 is 1. The van der Waals surface area contributed by atoms with E-state index in [1.54, 1.807) is 45.2 Å². The van der Waals surface area contributed by atoms with E-state index >= 15 is 0 Å². The Labute approximate surface area is 241 Å². The Morgan fingerprint density at radius 2 is 1.88 bits per heavy atom. The van der Waals surface area contributed by atoms with Crippen molar-refractivity contribution < 1.29 is 13.2 Å². The largest absolute Gasteiger partial charge is 0.495 e. The Balaban J connectivity index is 1.50. The summed E-state index contributed by atoms with van der Waals surface area (Å²) in [6.07, 6.45) is 1.49. The molecule has 0 aliphatic carbocycles. The van der Waals surface area contributed by atoms with Crippen LogP contribution in [0.25, 0.3) is 0 Å². The molecule has 9 nitrogen and oxygen atoms in total. The maximum absolute atomic E-state index is 13.0. The highest BCUT2D eigenvalue weighted by Gasteiger charge is 2.40. The summed E-state index contributed by atoms with van der Waals surface area (Å²) in [5, 5.41) is 6.13. The first-order chi connectivity index (χ1) is 18.9. The zero-order chi connectivity index (χ0) is 28.8. The molecule has 1 unspecified atom stereocenters. The second-order valence-corrected chi connectivity index (χ2v) is 14.4. The number of likely N-dealkylation sites (N-methyl/N-ethyl adjacent to an activating group) is 1. The van der Waals surface area contributed by atoms with Crippen molar-refractivity contribution >= 4 is 44.6 Å². The van der Waals surface area contributed by atoms with Crippen LogP contribution in [0.1, 0.15) is 44.9 Å². The SMILES string of the molecule is COc1cc2c(cc1Nc1ncc(Cl)c(Nc3ccccc3S(=O)(=O)C(C)C)n1)C1CN(C)CCN1CC2(C)C. The number of halogens is 1. The minimum atomic E-state index is -3.53. The smallest absolute Gasteiger partial charge is 0.229 e. The number of nitrogens with one attached hydrogen (secondary N) is 2. The van der Waals surface area contributed by atoms with Gasteiger partial charge in [0.05, 0.1) is 34.8 Å². The van der Waals surface area contributed by atoms with Crippen molar-refractivity contribution in [2.75, 3.05) is 51.0 Å². The van der Waals surface area contributed by atoms with Gasteiger partial charge in [-0.2, -0.15) is 4.98 Å². The normalized spacial score (nSPS) is 19.1. The van der Waals surface area contributed by atoms with Crippen molar-refractivity contribution in [1.29, 1.82) is 0 Å². The van der Waals surface area contributed by atoms with E-state index in [0.717, 1.165) is 31.9 Å². The predicted octanol–water partition coefficient (Wildman–Crippen LogP) is 5.39. The number of benzene rings is 2. The van der Waals surface area contributed by atoms with Gasteiger partial charge in [0.1, 0.15) is 10.8 Å². The molecule has 0 spiro atoms. The maximum atomic E-state index is 13.0. The second-order valence-electron chi connectivity index (χ2n) is 11.5. The molecule has 3 aromatic rings. The monoisotopic (exact) mass is 584 g/mol. The van der Waals surface area contributed by atoms with Gasteiger partial charge in [-0.1, -0.05) is 37.6 Å². The van der Waals surface area contributed by atoms with Crippen molar-refractivity contribution in [3.63, 3.8) is 0 Å². The lowest BCUT2D eigenvalue weighted by Gasteiger charge is -2.49. The number of ether oxygens (including phenoxy) is 1. The zero-order valence-electron chi connectivity index (χ0n) is 23.8. The van der Waals surface area contributed by atoms with E-state index in [9.17, 15) is 8.42 Å². The molecular formula is C29H37ClN6O3S. The summed E-state index contributed by atoms with van der Waals surface area (Å²) in [7, 11) is 0.296. The summed E-state index contributed by atoms with van der Waals surface area (Å²) in [5.74, 6) is 1.30. The van der Waals surface area contributed by atoms with Crippen molar-refractivity contribution in [3.05, 3.63) is 58.7 Å². The van der Waals surface area contributed by atoms with E-state index < -0.39 is 15.1 Å². The third-order valence-corrected chi connectivity index (χ3v) is 10.3. The number of para-hydroxylation sites is 1. The van der Waals surface area contributed by atoms with Gasteiger partial charge in [-0.3, -0.25) is 4.90 Å². The van der Waals surface area contributed by atoms with E-state index in [-0.39, 0.29) is 21.4 Å². The highest BCUT2D eigenvalue weighted by Crippen LogP contribution is 2.45. The van der Waals surface area contributed by atoms with Crippen LogP contribution in [-0.2, 0) is 15.3 Å². The Hall–Kier alpha value is -2.92. The second kappa shape index (κ2) is 10.8. The summed E-state index contributed by atoms with van der Waals surface area (Å²) in [4.78, 5) is 14.1. The van der Waals surface area contributed by atoms with Crippen LogP contribution in [0, 0.1) is 0 Å². The highest BCUT2D eigenvalue weighted by molar-refractivity contribution is 7.92. The molecule has 40 heavy (non-hydrogen) atoms. The van der Waals surface area contributed by atoms with Gasteiger partial charge < -0.3 is 20.3 Å². The standard InChI is InChI=1S/C29H37ClN6O3S/c1-18(2)40(37,38)26-10-8-7-9-22(26)32-27-21(30)15-31-28(34-27)33-23-13-19-20(14-25(23)39-6)29(3,4)17-36-12-11-35(5)16-24(19)36/h7-10,13-15,18,24H,11-12,16-17H2,1-6H3,(H2,31,32,33,34). The molecule has 5 rings (SSSR count). The minimum absolute atomic E-state index is 0.0227. The molecular weight excluding hydrogens is 548 g/mol. The number of sulfone groups is 1. The summed E-state index contributed by atoms with van der Waals surface area (Å²) in [6.45, 7) is 11.9. The van der Waals surface area contributed by atoms with Gasteiger partial charge >= 0.3 is 0 Å². The van der Waals surface area contributed by atoms with E-state index in [1.165, 1.54) is 17.3 Å². The average molecular weight is 585 g/mol. The maximum Gasteiger partial charge on any atom is 0.229 e. The summed E-state index contributed by atoms with van der Waals surface area (Å²) >= 11 is 6.45. The first kappa shape index (κ1) is 28.6. The van der Waals surface area contributed by atoms with Crippen LogP contribution in [0.15, 0.2) is 47.5 Å². The molecule has 1 saturated heterocycles. The lowest BCUT2D eigenvalue weighted by molar-refractivity contribution is 0.0588. The van der Waals surface area contributed by atoms with E-state index in [0.29, 0.717) is 23.2 Å². The van der Waals surface area contributed by atoms with E-state index in [2.05, 4.69) is 63.4 Å². The molecule has 11 heteroatoms. The van der Waals surface area contributed by atoms with Gasteiger partial charge in [0.25, 0.3) is 0 Å². The molecule has 2 aliphatic heterocycles. The van der Waals surface area contributed by atoms with Crippen molar-refractivity contribution in [1.82, 2.24) is 19.8 Å². The summed E-state index contributed by atoms with van der Waals surface area (Å²) in [5.41, 5.74) is 3.69. The molecule has 2 aliphatic rings. The predicted molar refractivity (Wildman–Crippen MR) is 160 cm³/mol. The third kappa shape index (κ3) is 5.37. The quantitative estimate of drug-likeness (QED) is 0.379. The van der Waals surface area contributed by atoms with Gasteiger partial charge in [0.15, 0.2) is 15.7 Å². The molecule has 3 heterocycles. The Bertz CT molecular complexity index is 1530. The molecule has 0 bridgehead atoms.